The highest BCUT2D eigenvalue weighted by molar-refractivity contribution is 6.31. The zero-order chi connectivity index (χ0) is 11.1. The molecule has 0 N–H and O–H groups in total. The van der Waals surface area contributed by atoms with Gasteiger partial charge in [0.25, 0.3) is 0 Å². The number of halogens is 2. The second kappa shape index (κ2) is 3.48. The van der Waals surface area contributed by atoms with Crippen molar-refractivity contribution in [3.05, 3.63) is 34.1 Å². The van der Waals surface area contributed by atoms with Gasteiger partial charge in [-0.05, 0) is 30.2 Å². The Bertz CT molecular complexity index is 449. The molecule has 0 saturated carbocycles. The Balaban J connectivity index is 2.54. The Morgan fingerprint density at radius 2 is 2.20 bits per heavy atom. The van der Waals surface area contributed by atoms with Crippen LogP contribution in [0.5, 0.6) is 0 Å². The van der Waals surface area contributed by atoms with E-state index >= 15 is 0 Å². The standard InChI is InChI=1S/C11H9ClFNO/c1-7-2-9(12)8(3-10(7)13)11(4-14)5-15-6-11/h2-3H,5-6H2,1H3. The molecule has 2 rings (SSSR count). The normalized spacial score (nSPS) is 18.0. The Morgan fingerprint density at radius 1 is 1.53 bits per heavy atom. The van der Waals surface area contributed by atoms with Crippen LogP contribution >= 0.6 is 11.6 Å². The average Bonchev–Trinajstić information content (AvgIpc) is 2.12. The molecule has 0 atom stereocenters. The van der Waals surface area contributed by atoms with Gasteiger partial charge in [-0.1, -0.05) is 11.6 Å². The molecule has 0 aromatic heterocycles. The molecular weight excluding hydrogens is 217 g/mol. The van der Waals surface area contributed by atoms with Gasteiger partial charge in [-0.25, -0.2) is 4.39 Å². The SMILES string of the molecule is Cc1cc(Cl)c(C2(C#N)COC2)cc1F. The fourth-order valence-electron chi connectivity index (χ4n) is 1.60. The van der Waals surface area contributed by atoms with Crippen molar-refractivity contribution in [1.82, 2.24) is 0 Å². The first-order valence-corrected chi connectivity index (χ1v) is 4.92. The number of ether oxygens (including phenoxy) is 1. The van der Waals surface area contributed by atoms with Crippen molar-refractivity contribution in [2.75, 3.05) is 13.2 Å². The van der Waals surface area contributed by atoms with Crippen LogP contribution in [0.25, 0.3) is 0 Å². The summed E-state index contributed by atoms with van der Waals surface area (Å²) in [5.41, 5.74) is 0.254. The molecule has 1 saturated heterocycles. The summed E-state index contributed by atoms with van der Waals surface area (Å²) in [5, 5.41) is 9.49. The predicted octanol–water partition coefficient (Wildman–Crippen LogP) is 2.58. The minimum absolute atomic E-state index is 0.283. The molecule has 0 radical (unpaired) electrons. The number of hydrogen-bond donors (Lipinski definition) is 0. The summed E-state index contributed by atoms with van der Waals surface area (Å²) in [7, 11) is 0. The van der Waals surface area contributed by atoms with E-state index in [1.807, 2.05) is 0 Å². The van der Waals surface area contributed by atoms with Gasteiger partial charge in [-0.3, -0.25) is 0 Å². The van der Waals surface area contributed by atoms with Crippen LogP contribution in [0.15, 0.2) is 12.1 Å². The summed E-state index contributed by atoms with van der Waals surface area (Å²) in [5.74, 6) is -0.337. The van der Waals surface area contributed by atoms with Gasteiger partial charge in [0.2, 0.25) is 0 Å². The zero-order valence-electron chi connectivity index (χ0n) is 8.18. The number of hydrogen-bond acceptors (Lipinski definition) is 2. The lowest BCUT2D eigenvalue weighted by atomic mass is 9.80. The lowest BCUT2D eigenvalue weighted by molar-refractivity contribution is -0.0298. The lowest BCUT2D eigenvalue weighted by Gasteiger charge is -2.36. The van der Waals surface area contributed by atoms with Crippen LogP contribution in [0.1, 0.15) is 11.1 Å². The minimum atomic E-state index is -0.758. The molecule has 1 heterocycles. The van der Waals surface area contributed by atoms with Crippen LogP contribution in [-0.2, 0) is 10.2 Å². The average molecular weight is 226 g/mol. The lowest BCUT2D eigenvalue weighted by Crippen LogP contribution is -2.45. The third-order valence-corrected chi connectivity index (χ3v) is 2.99. The Labute approximate surface area is 92.2 Å². The topological polar surface area (TPSA) is 33.0 Å². The summed E-state index contributed by atoms with van der Waals surface area (Å²) in [6.07, 6.45) is 0. The maximum absolute atomic E-state index is 13.4. The molecule has 1 aliphatic heterocycles. The van der Waals surface area contributed by atoms with E-state index in [-0.39, 0.29) is 19.0 Å². The zero-order valence-corrected chi connectivity index (χ0v) is 8.94. The fraction of sp³-hybridized carbons (Fsp3) is 0.364. The number of nitriles is 1. The quantitative estimate of drug-likeness (QED) is 0.736. The highest BCUT2D eigenvalue weighted by atomic mass is 35.5. The first kappa shape index (κ1) is 10.4. The molecule has 2 nitrogen and oxygen atoms in total. The maximum atomic E-state index is 13.4. The van der Waals surface area contributed by atoms with Gasteiger partial charge in [0, 0.05) is 5.02 Å². The summed E-state index contributed by atoms with van der Waals surface area (Å²) in [6.45, 7) is 2.21. The van der Waals surface area contributed by atoms with E-state index in [9.17, 15) is 4.39 Å². The minimum Gasteiger partial charge on any atom is -0.377 e. The van der Waals surface area contributed by atoms with Gasteiger partial charge in [0.05, 0.1) is 19.3 Å². The molecule has 78 valence electrons. The summed E-state index contributed by atoms with van der Waals surface area (Å²) in [4.78, 5) is 0. The maximum Gasteiger partial charge on any atom is 0.130 e. The largest absolute Gasteiger partial charge is 0.377 e. The number of benzene rings is 1. The van der Waals surface area contributed by atoms with E-state index in [0.717, 1.165) is 0 Å². The first-order valence-electron chi connectivity index (χ1n) is 4.54. The monoisotopic (exact) mass is 225 g/mol. The fourth-order valence-corrected chi connectivity index (χ4v) is 2.00. The molecule has 15 heavy (non-hydrogen) atoms. The highest BCUT2D eigenvalue weighted by Crippen LogP contribution is 2.37. The summed E-state index contributed by atoms with van der Waals surface area (Å²) >= 11 is 6.00. The number of nitrogens with zero attached hydrogens (tertiary/aromatic N) is 1. The van der Waals surface area contributed by atoms with Crippen LogP contribution in [-0.4, -0.2) is 13.2 Å². The predicted molar refractivity (Wildman–Crippen MR) is 54.3 cm³/mol. The number of rotatable bonds is 1. The van der Waals surface area contributed by atoms with Gasteiger partial charge in [0.15, 0.2) is 0 Å². The van der Waals surface area contributed by atoms with Crippen LogP contribution in [0.2, 0.25) is 5.02 Å². The molecule has 4 heteroatoms. The van der Waals surface area contributed by atoms with E-state index in [1.54, 1.807) is 13.0 Å². The van der Waals surface area contributed by atoms with Gasteiger partial charge >= 0.3 is 0 Å². The van der Waals surface area contributed by atoms with E-state index in [2.05, 4.69) is 6.07 Å². The molecule has 0 unspecified atom stereocenters. The molecule has 0 bridgehead atoms. The van der Waals surface area contributed by atoms with Gasteiger partial charge in [0.1, 0.15) is 11.2 Å². The molecule has 1 fully saturated rings. The molecule has 0 aliphatic carbocycles. The first-order chi connectivity index (χ1) is 7.09. The molecule has 1 aliphatic rings. The van der Waals surface area contributed by atoms with Crippen LogP contribution < -0.4 is 0 Å². The molecular formula is C11H9ClFNO. The molecule has 0 amide bonds. The summed E-state index contributed by atoms with van der Waals surface area (Å²) < 4.78 is 18.4. The van der Waals surface area contributed by atoms with Crippen molar-refractivity contribution in [2.45, 2.75) is 12.3 Å². The molecule has 0 spiro atoms. The highest BCUT2D eigenvalue weighted by Gasteiger charge is 2.42. The van der Waals surface area contributed by atoms with Gasteiger partial charge in [-0.2, -0.15) is 5.26 Å². The Hall–Kier alpha value is -1.11. The second-order valence-corrected chi connectivity index (χ2v) is 4.18. The molecule has 1 aromatic carbocycles. The third-order valence-electron chi connectivity index (χ3n) is 2.67. The summed E-state index contributed by atoms with van der Waals surface area (Å²) in [6, 6.07) is 5.02. The van der Waals surface area contributed by atoms with Gasteiger partial charge < -0.3 is 4.74 Å². The van der Waals surface area contributed by atoms with E-state index < -0.39 is 5.41 Å². The van der Waals surface area contributed by atoms with E-state index in [0.29, 0.717) is 16.1 Å². The smallest absolute Gasteiger partial charge is 0.130 e. The van der Waals surface area contributed by atoms with Crippen LogP contribution in [0.3, 0.4) is 0 Å². The van der Waals surface area contributed by atoms with Crippen molar-refractivity contribution in [3.8, 4) is 6.07 Å². The molecule has 1 aromatic rings. The van der Waals surface area contributed by atoms with Crippen molar-refractivity contribution in [3.63, 3.8) is 0 Å². The number of aryl methyl sites for hydroxylation is 1. The van der Waals surface area contributed by atoms with Crippen molar-refractivity contribution >= 4 is 11.6 Å². The van der Waals surface area contributed by atoms with Crippen molar-refractivity contribution in [1.29, 1.82) is 5.26 Å². The van der Waals surface area contributed by atoms with Crippen molar-refractivity contribution in [2.24, 2.45) is 0 Å². The van der Waals surface area contributed by atoms with E-state index in [1.165, 1.54) is 6.07 Å². The van der Waals surface area contributed by atoms with E-state index in [4.69, 9.17) is 21.6 Å². The second-order valence-electron chi connectivity index (χ2n) is 3.77. The Morgan fingerprint density at radius 3 is 2.67 bits per heavy atom. The van der Waals surface area contributed by atoms with Crippen molar-refractivity contribution < 1.29 is 9.13 Å². The Kier molecular flexibility index (Phi) is 2.41. The van der Waals surface area contributed by atoms with Crippen LogP contribution in [0.4, 0.5) is 4.39 Å². The van der Waals surface area contributed by atoms with Crippen LogP contribution in [0, 0.1) is 24.1 Å². The third kappa shape index (κ3) is 1.50. The van der Waals surface area contributed by atoms with Gasteiger partial charge in [-0.15, -0.1) is 0 Å².